The third-order valence-electron chi connectivity index (χ3n) is 2.71. The molecule has 0 amide bonds. The lowest BCUT2D eigenvalue weighted by Gasteiger charge is -2.17. The van der Waals surface area contributed by atoms with Crippen LogP contribution in [-0.4, -0.2) is 28.5 Å². The second-order valence-electron chi connectivity index (χ2n) is 3.95. The predicted octanol–water partition coefficient (Wildman–Crippen LogP) is 0.651. The van der Waals surface area contributed by atoms with Gasteiger partial charge in [-0.2, -0.15) is 5.10 Å². The van der Waals surface area contributed by atoms with Crippen LogP contribution in [0, 0.1) is 0 Å². The second-order valence-corrected chi connectivity index (χ2v) is 3.95. The first kappa shape index (κ1) is 10.6. The first-order valence-electron chi connectivity index (χ1n) is 5.49. The fourth-order valence-corrected chi connectivity index (χ4v) is 1.91. The highest BCUT2D eigenvalue weighted by Crippen LogP contribution is 2.20. The van der Waals surface area contributed by atoms with Gasteiger partial charge in [0, 0.05) is 26.7 Å². The Kier molecular flexibility index (Phi) is 3.33. The molecule has 0 saturated carbocycles. The molecule has 2 heterocycles. The highest BCUT2D eigenvalue weighted by atomic mass is 16.5. The summed E-state index contributed by atoms with van der Waals surface area (Å²) in [5.41, 5.74) is 5.97. The van der Waals surface area contributed by atoms with Crippen molar-refractivity contribution in [3.8, 4) is 0 Å². The third kappa shape index (κ3) is 2.35. The van der Waals surface area contributed by atoms with E-state index in [0.717, 1.165) is 50.5 Å². The Morgan fingerprint density at radius 3 is 3.20 bits per heavy atom. The normalized spacial score (nSPS) is 20.3. The first-order valence-corrected chi connectivity index (χ1v) is 5.49. The van der Waals surface area contributed by atoms with Crippen LogP contribution >= 0.6 is 0 Å². The van der Waals surface area contributed by atoms with Crippen molar-refractivity contribution in [1.29, 1.82) is 0 Å². The summed E-state index contributed by atoms with van der Waals surface area (Å²) in [4.78, 5) is 4.47. The third-order valence-corrected chi connectivity index (χ3v) is 2.71. The minimum absolute atomic E-state index is 0.0717. The van der Waals surface area contributed by atoms with Gasteiger partial charge in [-0.25, -0.2) is 9.67 Å². The molecule has 15 heavy (non-hydrogen) atoms. The minimum atomic E-state index is 0.0717. The molecule has 1 atom stereocenters. The molecule has 0 saturated heterocycles. The fourth-order valence-electron chi connectivity index (χ4n) is 1.91. The Bertz CT molecular complexity index is 323. The number of nitrogens with two attached hydrogens (primary N) is 1. The summed E-state index contributed by atoms with van der Waals surface area (Å²) < 4.78 is 6.95. The summed E-state index contributed by atoms with van der Waals surface area (Å²) in [6, 6.07) is 0.0717. The van der Waals surface area contributed by atoms with Gasteiger partial charge in [0.1, 0.15) is 5.82 Å². The number of aryl methyl sites for hydroxylation is 2. The number of rotatable bonds is 4. The summed E-state index contributed by atoms with van der Waals surface area (Å²) in [6.07, 6.45) is 3.97. The van der Waals surface area contributed by atoms with Gasteiger partial charge in [0.15, 0.2) is 5.82 Å². The summed E-state index contributed by atoms with van der Waals surface area (Å²) >= 11 is 0. The Morgan fingerprint density at radius 2 is 2.47 bits per heavy atom. The molecule has 5 nitrogen and oxygen atoms in total. The van der Waals surface area contributed by atoms with E-state index in [9.17, 15) is 0 Å². The highest BCUT2D eigenvalue weighted by Gasteiger charge is 2.20. The van der Waals surface area contributed by atoms with Crippen molar-refractivity contribution in [3.05, 3.63) is 11.6 Å². The van der Waals surface area contributed by atoms with E-state index in [0.29, 0.717) is 0 Å². The molecule has 0 radical (unpaired) electrons. The quantitative estimate of drug-likeness (QED) is 0.741. The van der Waals surface area contributed by atoms with Crippen LogP contribution in [0.4, 0.5) is 0 Å². The van der Waals surface area contributed by atoms with Crippen LogP contribution in [-0.2, 0) is 17.7 Å². The van der Waals surface area contributed by atoms with Crippen molar-refractivity contribution < 1.29 is 4.74 Å². The van der Waals surface area contributed by atoms with E-state index in [1.54, 1.807) is 7.11 Å². The molecule has 1 aromatic heterocycles. The molecule has 84 valence electrons. The van der Waals surface area contributed by atoms with Crippen molar-refractivity contribution >= 4 is 0 Å². The average molecular weight is 210 g/mol. The van der Waals surface area contributed by atoms with Crippen LogP contribution in [0.1, 0.15) is 37.0 Å². The summed E-state index contributed by atoms with van der Waals surface area (Å²) in [5.74, 6) is 1.85. The van der Waals surface area contributed by atoms with Crippen molar-refractivity contribution in [2.75, 3.05) is 13.7 Å². The number of fused-ring (bicyclic) bond motifs is 1. The maximum atomic E-state index is 5.97. The first-order chi connectivity index (χ1) is 7.31. The Morgan fingerprint density at radius 1 is 1.60 bits per heavy atom. The van der Waals surface area contributed by atoms with Crippen molar-refractivity contribution in [2.24, 2.45) is 5.73 Å². The van der Waals surface area contributed by atoms with Gasteiger partial charge in [0.25, 0.3) is 0 Å². The van der Waals surface area contributed by atoms with Gasteiger partial charge >= 0.3 is 0 Å². The maximum Gasteiger partial charge on any atom is 0.151 e. The smallest absolute Gasteiger partial charge is 0.151 e. The van der Waals surface area contributed by atoms with E-state index in [4.69, 9.17) is 10.5 Å². The van der Waals surface area contributed by atoms with Crippen LogP contribution in [0.25, 0.3) is 0 Å². The maximum absolute atomic E-state index is 5.97. The molecule has 0 aromatic carbocycles. The molecule has 5 heteroatoms. The van der Waals surface area contributed by atoms with Crippen LogP contribution in [0.2, 0.25) is 0 Å². The Labute approximate surface area is 89.6 Å². The molecule has 1 unspecified atom stereocenters. The number of hydrogen-bond donors (Lipinski definition) is 1. The Hall–Kier alpha value is -0.940. The molecule has 0 bridgehead atoms. The van der Waals surface area contributed by atoms with Crippen LogP contribution in [0.5, 0.6) is 0 Å². The standard InChI is InChI=1S/C10H18N4O/c1-15-7-3-5-9-12-10-8(11)4-2-6-14(10)13-9/h8H,2-7,11H2,1H3. The average Bonchev–Trinajstić information content (AvgIpc) is 2.63. The molecule has 0 spiro atoms. The zero-order valence-corrected chi connectivity index (χ0v) is 9.15. The zero-order chi connectivity index (χ0) is 10.7. The summed E-state index contributed by atoms with van der Waals surface area (Å²) in [6.45, 7) is 1.72. The van der Waals surface area contributed by atoms with Gasteiger partial charge in [-0.1, -0.05) is 0 Å². The van der Waals surface area contributed by atoms with E-state index >= 15 is 0 Å². The van der Waals surface area contributed by atoms with Crippen molar-refractivity contribution in [3.63, 3.8) is 0 Å². The lowest BCUT2D eigenvalue weighted by atomic mass is 10.1. The number of aromatic nitrogens is 3. The van der Waals surface area contributed by atoms with Crippen LogP contribution < -0.4 is 5.73 Å². The summed E-state index contributed by atoms with van der Waals surface area (Å²) in [7, 11) is 1.71. The van der Waals surface area contributed by atoms with Crippen LogP contribution in [0.15, 0.2) is 0 Å². The molecular formula is C10H18N4O. The monoisotopic (exact) mass is 210 g/mol. The number of ether oxygens (including phenoxy) is 1. The van der Waals surface area contributed by atoms with Crippen LogP contribution in [0.3, 0.4) is 0 Å². The fraction of sp³-hybridized carbons (Fsp3) is 0.800. The molecule has 1 aliphatic heterocycles. The number of hydrogen-bond acceptors (Lipinski definition) is 4. The van der Waals surface area contributed by atoms with Gasteiger partial charge < -0.3 is 10.5 Å². The lowest BCUT2D eigenvalue weighted by molar-refractivity contribution is 0.194. The second kappa shape index (κ2) is 4.72. The van der Waals surface area contributed by atoms with Gasteiger partial charge in [0.05, 0.1) is 6.04 Å². The van der Waals surface area contributed by atoms with Crippen molar-refractivity contribution in [1.82, 2.24) is 14.8 Å². The molecule has 2 N–H and O–H groups in total. The molecule has 0 fully saturated rings. The number of methoxy groups -OCH3 is 1. The van der Waals surface area contributed by atoms with Crippen molar-refractivity contribution in [2.45, 2.75) is 38.3 Å². The van der Waals surface area contributed by atoms with E-state index in [-0.39, 0.29) is 6.04 Å². The van der Waals surface area contributed by atoms with E-state index < -0.39 is 0 Å². The molecule has 1 aromatic rings. The lowest BCUT2D eigenvalue weighted by Crippen LogP contribution is -2.22. The SMILES string of the molecule is COCCCc1nc2n(n1)CCCC2N. The van der Waals surface area contributed by atoms with Gasteiger partial charge in [-0.3, -0.25) is 0 Å². The van der Waals surface area contributed by atoms with E-state index in [1.165, 1.54) is 0 Å². The van der Waals surface area contributed by atoms with E-state index in [1.807, 2.05) is 4.68 Å². The van der Waals surface area contributed by atoms with Gasteiger partial charge in [-0.15, -0.1) is 0 Å². The van der Waals surface area contributed by atoms with Gasteiger partial charge in [-0.05, 0) is 19.3 Å². The predicted molar refractivity (Wildman–Crippen MR) is 56.4 cm³/mol. The zero-order valence-electron chi connectivity index (χ0n) is 9.15. The number of nitrogens with zero attached hydrogens (tertiary/aromatic N) is 3. The Balaban J connectivity index is 2.01. The molecular weight excluding hydrogens is 192 g/mol. The van der Waals surface area contributed by atoms with Gasteiger partial charge in [0.2, 0.25) is 0 Å². The highest BCUT2D eigenvalue weighted by molar-refractivity contribution is 5.01. The largest absolute Gasteiger partial charge is 0.385 e. The van der Waals surface area contributed by atoms with E-state index in [2.05, 4.69) is 10.1 Å². The minimum Gasteiger partial charge on any atom is -0.385 e. The topological polar surface area (TPSA) is 66.0 Å². The molecule has 2 rings (SSSR count). The molecule has 1 aliphatic rings. The summed E-state index contributed by atoms with van der Waals surface area (Å²) in [5, 5.41) is 4.44. The molecule has 0 aliphatic carbocycles.